The molecule has 0 saturated heterocycles. The Kier molecular flexibility index (Phi) is 9.75. The number of aliphatic hydroxyl groups excluding tert-OH is 1. The summed E-state index contributed by atoms with van der Waals surface area (Å²) >= 11 is 0. The molecule has 0 saturated carbocycles. The van der Waals surface area contributed by atoms with E-state index in [-0.39, 0.29) is 36.9 Å². The van der Waals surface area contributed by atoms with E-state index in [1.165, 1.54) is 0 Å². The van der Waals surface area contributed by atoms with Crippen LogP contribution >= 0.6 is 0 Å². The maximum atomic E-state index is 13.5. The maximum Gasteiger partial charge on any atom is 0.321 e. The van der Waals surface area contributed by atoms with Gasteiger partial charge in [0.1, 0.15) is 17.4 Å². The van der Waals surface area contributed by atoms with Gasteiger partial charge in [-0.2, -0.15) is 0 Å². The van der Waals surface area contributed by atoms with Crippen molar-refractivity contribution in [2.75, 3.05) is 39.2 Å². The van der Waals surface area contributed by atoms with E-state index < -0.39 is 12.1 Å². The fourth-order valence-corrected chi connectivity index (χ4v) is 3.92. The SMILES string of the molecule is CCCC#Cc1cnc2c(c1)C(=O)N([C@@H](C)CO)C[C@H](C)[C@@H](CN(C)C(=O)Nc1ccc(OC)cc1)O2. The number of hydrogen-bond donors (Lipinski definition) is 2. The van der Waals surface area contributed by atoms with Crippen molar-refractivity contribution in [1.29, 1.82) is 0 Å². The van der Waals surface area contributed by atoms with Gasteiger partial charge in [-0.3, -0.25) is 4.79 Å². The Bertz CT molecular complexity index is 1140. The number of nitrogens with zero attached hydrogens (tertiary/aromatic N) is 3. The van der Waals surface area contributed by atoms with E-state index >= 15 is 0 Å². The molecule has 2 aromatic rings. The van der Waals surface area contributed by atoms with Gasteiger partial charge in [0.15, 0.2) is 0 Å². The minimum Gasteiger partial charge on any atom is -0.497 e. The first-order valence-electron chi connectivity index (χ1n) is 12.5. The number of amides is 3. The van der Waals surface area contributed by atoms with Gasteiger partial charge in [0.25, 0.3) is 5.91 Å². The second-order valence-electron chi connectivity index (χ2n) is 9.29. The van der Waals surface area contributed by atoms with Crippen molar-refractivity contribution < 1.29 is 24.2 Å². The predicted octanol–water partition coefficient (Wildman–Crippen LogP) is 3.63. The number of fused-ring (bicyclic) bond motifs is 1. The number of likely N-dealkylation sites (N-methyl/N-ethyl adjacent to an activating group) is 1. The van der Waals surface area contributed by atoms with E-state index in [1.807, 2.05) is 6.92 Å². The number of hydrogen-bond acceptors (Lipinski definition) is 6. The van der Waals surface area contributed by atoms with Crippen molar-refractivity contribution in [3.8, 4) is 23.5 Å². The minimum atomic E-state index is -0.448. The molecule has 0 spiro atoms. The number of nitrogens with one attached hydrogen (secondary N) is 1. The molecule has 3 rings (SSSR count). The number of ether oxygens (including phenoxy) is 2. The summed E-state index contributed by atoms with van der Waals surface area (Å²) in [6, 6.07) is 8.07. The quantitative estimate of drug-likeness (QED) is 0.554. The number of rotatable bonds is 7. The number of urea groups is 1. The lowest BCUT2D eigenvalue weighted by Gasteiger charge is -2.37. The molecule has 1 aliphatic rings. The predicted molar refractivity (Wildman–Crippen MR) is 142 cm³/mol. The Labute approximate surface area is 218 Å². The Morgan fingerprint density at radius 1 is 1.38 bits per heavy atom. The molecule has 2 N–H and O–H groups in total. The lowest BCUT2D eigenvalue weighted by Crippen LogP contribution is -2.50. The second kappa shape index (κ2) is 13.0. The van der Waals surface area contributed by atoms with Crippen LogP contribution in [0, 0.1) is 17.8 Å². The number of aromatic nitrogens is 1. The molecule has 1 aromatic carbocycles. The molecule has 0 radical (unpaired) electrons. The fraction of sp³-hybridized carbons (Fsp3) is 0.464. The average molecular weight is 509 g/mol. The number of carbonyl (C=O) groups is 2. The second-order valence-corrected chi connectivity index (χ2v) is 9.29. The van der Waals surface area contributed by atoms with Crippen LogP contribution in [-0.2, 0) is 0 Å². The Balaban J connectivity index is 1.84. The van der Waals surface area contributed by atoms with Gasteiger partial charge >= 0.3 is 6.03 Å². The third-order valence-corrected chi connectivity index (χ3v) is 6.27. The summed E-state index contributed by atoms with van der Waals surface area (Å²) in [7, 11) is 3.27. The molecule has 3 atom stereocenters. The van der Waals surface area contributed by atoms with Crippen molar-refractivity contribution >= 4 is 17.6 Å². The van der Waals surface area contributed by atoms with E-state index in [0.29, 0.717) is 29.1 Å². The van der Waals surface area contributed by atoms with Gasteiger partial charge in [0, 0.05) is 43.4 Å². The van der Waals surface area contributed by atoms with Crippen molar-refractivity contribution in [2.24, 2.45) is 5.92 Å². The molecule has 2 heterocycles. The molecule has 9 heteroatoms. The van der Waals surface area contributed by atoms with Crippen LogP contribution in [0.2, 0.25) is 0 Å². The summed E-state index contributed by atoms with van der Waals surface area (Å²) in [4.78, 5) is 34.0. The van der Waals surface area contributed by atoms with Crippen molar-refractivity contribution in [3.05, 3.63) is 47.7 Å². The van der Waals surface area contributed by atoms with Crippen molar-refractivity contribution in [1.82, 2.24) is 14.8 Å². The van der Waals surface area contributed by atoms with Crippen LogP contribution in [0.25, 0.3) is 0 Å². The van der Waals surface area contributed by atoms with Crippen molar-refractivity contribution in [3.63, 3.8) is 0 Å². The third kappa shape index (κ3) is 7.14. The number of anilines is 1. The Morgan fingerprint density at radius 2 is 2.11 bits per heavy atom. The topological polar surface area (TPSA) is 104 Å². The first kappa shape index (κ1) is 27.8. The first-order chi connectivity index (χ1) is 17.8. The summed E-state index contributed by atoms with van der Waals surface area (Å²) in [5.41, 5.74) is 1.56. The van der Waals surface area contributed by atoms with Gasteiger partial charge in [0.2, 0.25) is 5.88 Å². The van der Waals surface area contributed by atoms with E-state index in [1.54, 1.807) is 67.4 Å². The first-order valence-corrected chi connectivity index (χ1v) is 12.5. The highest BCUT2D eigenvalue weighted by molar-refractivity contribution is 5.97. The molecule has 0 fully saturated rings. The minimum absolute atomic E-state index is 0.145. The van der Waals surface area contributed by atoms with Gasteiger partial charge in [-0.1, -0.05) is 25.7 Å². The standard InChI is InChI=1S/C28H36N4O5/c1-6-7-8-9-21-14-24-26(29-15-21)37-25(19(2)16-32(27(24)34)20(3)18-33)17-31(4)28(35)30-22-10-12-23(36-5)13-11-22/h10-15,19-20,25,33H,6-7,16-18H2,1-5H3,(H,30,35)/t19-,20-,25+/m0/s1. The maximum absolute atomic E-state index is 13.5. The van der Waals surface area contributed by atoms with Crippen LogP contribution in [0.15, 0.2) is 36.5 Å². The third-order valence-electron chi connectivity index (χ3n) is 6.27. The molecule has 1 aromatic heterocycles. The van der Waals surface area contributed by atoms with Gasteiger partial charge in [-0.05, 0) is 43.7 Å². The number of carbonyl (C=O) groups excluding carboxylic acids is 2. The molecule has 9 nitrogen and oxygen atoms in total. The fourth-order valence-electron chi connectivity index (χ4n) is 3.92. The molecule has 3 amide bonds. The molecule has 0 bridgehead atoms. The summed E-state index contributed by atoms with van der Waals surface area (Å²) in [5, 5.41) is 12.7. The van der Waals surface area contributed by atoms with E-state index in [9.17, 15) is 14.7 Å². The summed E-state index contributed by atoms with van der Waals surface area (Å²) in [5.74, 6) is 6.61. The number of methoxy groups -OCH3 is 1. The Hall–Kier alpha value is -3.77. The molecule has 1 aliphatic heterocycles. The van der Waals surface area contributed by atoms with Crippen LogP contribution in [0.1, 0.15) is 49.5 Å². The van der Waals surface area contributed by atoms with Gasteiger partial charge in [-0.15, -0.1) is 0 Å². The monoisotopic (exact) mass is 508 g/mol. The smallest absolute Gasteiger partial charge is 0.321 e. The lowest BCUT2D eigenvalue weighted by molar-refractivity contribution is 0.0356. The Morgan fingerprint density at radius 3 is 2.76 bits per heavy atom. The molecule has 0 aliphatic carbocycles. The highest BCUT2D eigenvalue weighted by Gasteiger charge is 2.34. The highest BCUT2D eigenvalue weighted by atomic mass is 16.5. The van der Waals surface area contributed by atoms with Crippen LogP contribution in [0.4, 0.5) is 10.5 Å². The van der Waals surface area contributed by atoms with Crippen molar-refractivity contribution in [2.45, 2.75) is 45.8 Å². The lowest BCUT2D eigenvalue weighted by atomic mass is 10.00. The van der Waals surface area contributed by atoms with Crippen LogP contribution < -0.4 is 14.8 Å². The molecular formula is C28H36N4O5. The normalized spacial score (nSPS) is 17.8. The van der Waals surface area contributed by atoms with Crippen LogP contribution in [0.5, 0.6) is 11.6 Å². The average Bonchev–Trinajstić information content (AvgIpc) is 2.90. The van der Waals surface area contributed by atoms with Gasteiger partial charge in [-0.25, -0.2) is 9.78 Å². The highest BCUT2D eigenvalue weighted by Crippen LogP contribution is 2.27. The number of benzene rings is 1. The molecular weight excluding hydrogens is 472 g/mol. The van der Waals surface area contributed by atoms with Gasteiger partial charge in [0.05, 0.1) is 26.3 Å². The van der Waals surface area contributed by atoms with Crippen LogP contribution in [0.3, 0.4) is 0 Å². The zero-order chi connectivity index (χ0) is 26.9. The molecule has 37 heavy (non-hydrogen) atoms. The van der Waals surface area contributed by atoms with Gasteiger partial charge < -0.3 is 29.7 Å². The summed E-state index contributed by atoms with van der Waals surface area (Å²) in [6.07, 6.45) is 2.84. The summed E-state index contributed by atoms with van der Waals surface area (Å²) < 4.78 is 11.4. The zero-order valence-electron chi connectivity index (χ0n) is 22.2. The number of unbranched alkanes of at least 4 members (excludes halogenated alkanes) is 1. The summed E-state index contributed by atoms with van der Waals surface area (Å²) in [6.45, 7) is 6.25. The van der Waals surface area contributed by atoms with E-state index in [4.69, 9.17) is 9.47 Å². The van der Waals surface area contributed by atoms with Crippen LogP contribution in [-0.4, -0.2) is 77.8 Å². The number of aliphatic hydroxyl groups is 1. The molecule has 0 unspecified atom stereocenters. The van der Waals surface area contributed by atoms with E-state index in [2.05, 4.69) is 29.1 Å². The van der Waals surface area contributed by atoms with E-state index in [0.717, 1.165) is 12.8 Å². The molecule has 198 valence electrons. The largest absolute Gasteiger partial charge is 0.497 e. The zero-order valence-corrected chi connectivity index (χ0v) is 22.2. The number of pyridine rings is 1.